The Morgan fingerprint density at radius 2 is 1.87 bits per heavy atom. The molecular formula is C23H26ClN3O3. The number of aryl methyl sites for hydroxylation is 1. The lowest BCUT2D eigenvalue weighted by Gasteiger charge is -2.44. The number of hydrogen-bond acceptors (Lipinski definition) is 5. The molecule has 1 aliphatic heterocycles. The summed E-state index contributed by atoms with van der Waals surface area (Å²) in [6, 6.07) is 12.8. The van der Waals surface area contributed by atoms with Gasteiger partial charge in [-0.1, -0.05) is 35.4 Å². The summed E-state index contributed by atoms with van der Waals surface area (Å²) in [5, 5.41) is 9.76. The maximum Gasteiger partial charge on any atom is 0.307 e. The Bertz CT molecular complexity index is 1070. The van der Waals surface area contributed by atoms with Crippen molar-refractivity contribution in [1.29, 1.82) is 0 Å². The normalized spacial score (nSPS) is 20.1. The van der Waals surface area contributed by atoms with E-state index in [-0.39, 0.29) is 18.5 Å². The van der Waals surface area contributed by atoms with Crippen LogP contribution >= 0.6 is 11.6 Å². The van der Waals surface area contributed by atoms with Crippen LogP contribution in [0, 0.1) is 6.92 Å². The maximum atomic E-state index is 11.1. The number of hydrogen-bond donors (Lipinski definition) is 1. The molecular weight excluding hydrogens is 402 g/mol. The van der Waals surface area contributed by atoms with Crippen molar-refractivity contribution in [2.24, 2.45) is 0 Å². The zero-order chi connectivity index (χ0) is 21.4. The fourth-order valence-corrected chi connectivity index (χ4v) is 4.53. The summed E-state index contributed by atoms with van der Waals surface area (Å²) < 4.78 is 5.96. The number of carboxylic acid groups (broad SMARTS) is 1. The van der Waals surface area contributed by atoms with Gasteiger partial charge in [-0.05, 0) is 44.0 Å². The highest BCUT2D eigenvalue weighted by molar-refractivity contribution is 6.31. The van der Waals surface area contributed by atoms with E-state index in [0.717, 1.165) is 41.8 Å². The molecule has 0 bridgehead atoms. The van der Waals surface area contributed by atoms with Crippen molar-refractivity contribution in [3.63, 3.8) is 0 Å². The van der Waals surface area contributed by atoms with Crippen LogP contribution in [0.2, 0.25) is 5.02 Å². The lowest BCUT2D eigenvalue weighted by molar-refractivity contribution is -0.136. The first-order chi connectivity index (χ1) is 14.3. The van der Waals surface area contributed by atoms with Gasteiger partial charge < -0.3 is 14.4 Å². The lowest BCUT2D eigenvalue weighted by Crippen LogP contribution is -2.56. The molecule has 2 heterocycles. The number of halogens is 1. The maximum absolute atomic E-state index is 11.1. The number of rotatable bonds is 5. The van der Waals surface area contributed by atoms with Crippen LogP contribution in [0.25, 0.3) is 11.1 Å². The van der Waals surface area contributed by atoms with Gasteiger partial charge in [-0.25, -0.2) is 0 Å². The summed E-state index contributed by atoms with van der Waals surface area (Å²) in [7, 11) is 0. The first-order valence-electron chi connectivity index (χ1n) is 10.2. The highest BCUT2D eigenvalue weighted by atomic mass is 35.5. The second kappa shape index (κ2) is 8.28. The van der Waals surface area contributed by atoms with Gasteiger partial charge in [0.25, 0.3) is 6.01 Å². The number of nitrogens with zero attached hydrogens (tertiary/aromatic N) is 3. The highest BCUT2D eigenvalue weighted by Crippen LogP contribution is 2.28. The van der Waals surface area contributed by atoms with Crippen LogP contribution < -0.4 is 4.90 Å². The van der Waals surface area contributed by atoms with E-state index in [4.69, 9.17) is 21.1 Å². The van der Waals surface area contributed by atoms with Crippen molar-refractivity contribution in [2.45, 2.75) is 45.8 Å². The molecule has 1 saturated heterocycles. The van der Waals surface area contributed by atoms with E-state index < -0.39 is 5.97 Å². The number of piperazine rings is 1. The fourth-order valence-electron chi connectivity index (χ4n) is 4.37. The Hall–Kier alpha value is -2.57. The van der Waals surface area contributed by atoms with Gasteiger partial charge in [0.15, 0.2) is 5.58 Å². The monoisotopic (exact) mass is 427 g/mol. The molecule has 0 radical (unpaired) electrons. The van der Waals surface area contributed by atoms with Gasteiger partial charge in [-0.15, -0.1) is 0 Å². The topological polar surface area (TPSA) is 69.8 Å². The summed E-state index contributed by atoms with van der Waals surface area (Å²) in [5.41, 5.74) is 4.60. The minimum Gasteiger partial charge on any atom is -0.481 e. The fraction of sp³-hybridized carbons (Fsp3) is 0.391. The van der Waals surface area contributed by atoms with E-state index in [2.05, 4.69) is 34.7 Å². The molecule has 1 aromatic heterocycles. The number of benzene rings is 2. The second-order valence-corrected chi connectivity index (χ2v) is 8.72. The van der Waals surface area contributed by atoms with Crippen LogP contribution in [0.4, 0.5) is 6.01 Å². The molecule has 3 aromatic rings. The molecule has 158 valence electrons. The highest BCUT2D eigenvalue weighted by Gasteiger charge is 2.31. The largest absolute Gasteiger partial charge is 0.481 e. The molecule has 2 atom stereocenters. The van der Waals surface area contributed by atoms with E-state index >= 15 is 0 Å². The minimum absolute atomic E-state index is 0.0509. The van der Waals surface area contributed by atoms with Gasteiger partial charge >= 0.3 is 5.97 Å². The Morgan fingerprint density at radius 3 is 2.57 bits per heavy atom. The van der Waals surface area contributed by atoms with Crippen molar-refractivity contribution in [1.82, 2.24) is 9.88 Å². The Kier molecular flexibility index (Phi) is 5.71. The molecule has 7 heteroatoms. The summed E-state index contributed by atoms with van der Waals surface area (Å²) in [4.78, 5) is 20.4. The van der Waals surface area contributed by atoms with E-state index in [9.17, 15) is 4.79 Å². The number of carboxylic acids is 1. The molecule has 0 aliphatic carbocycles. The lowest BCUT2D eigenvalue weighted by atomic mass is 10.0. The summed E-state index contributed by atoms with van der Waals surface area (Å²) in [6.07, 6.45) is 0.0509. The molecule has 1 N–H and O–H groups in total. The van der Waals surface area contributed by atoms with Gasteiger partial charge in [0.05, 0.1) is 6.42 Å². The molecule has 30 heavy (non-hydrogen) atoms. The quantitative estimate of drug-likeness (QED) is 0.645. The predicted molar refractivity (Wildman–Crippen MR) is 118 cm³/mol. The zero-order valence-corrected chi connectivity index (χ0v) is 18.2. The van der Waals surface area contributed by atoms with Gasteiger partial charge in [0, 0.05) is 42.8 Å². The average Bonchev–Trinajstić information content (AvgIpc) is 3.06. The first-order valence-corrected chi connectivity index (χ1v) is 10.5. The third-order valence-corrected chi connectivity index (χ3v) is 5.86. The van der Waals surface area contributed by atoms with Crippen molar-refractivity contribution in [3.8, 4) is 0 Å². The SMILES string of the molecule is Cc1cc(CC(=O)O)cc(CN2[C@H](C)CN(c3nc4ccc(Cl)cc4o3)C[C@@H]2C)c1. The Morgan fingerprint density at radius 1 is 1.17 bits per heavy atom. The Balaban J connectivity index is 1.50. The van der Waals surface area contributed by atoms with Crippen LogP contribution in [-0.4, -0.2) is 46.1 Å². The van der Waals surface area contributed by atoms with Gasteiger partial charge in [0.2, 0.25) is 0 Å². The number of carbonyl (C=O) groups is 1. The summed E-state index contributed by atoms with van der Waals surface area (Å²) in [6.45, 7) is 8.82. The van der Waals surface area contributed by atoms with Crippen LogP contribution in [0.3, 0.4) is 0 Å². The van der Waals surface area contributed by atoms with Gasteiger partial charge in [0.1, 0.15) is 5.52 Å². The molecule has 0 saturated carbocycles. The number of oxazole rings is 1. The zero-order valence-electron chi connectivity index (χ0n) is 17.4. The molecule has 4 rings (SSSR count). The van der Waals surface area contributed by atoms with Crippen molar-refractivity contribution < 1.29 is 14.3 Å². The van der Waals surface area contributed by atoms with E-state index in [1.807, 2.05) is 31.2 Å². The van der Waals surface area contributed by atoms with Crippen LogP contribution in [0.1, 0.15) is 30.5 Å². The predicted octanol–water partition coefficient (Wildman–Crippen LogP) is 4.52. The molecule has 0 unspecified atom stereocenters. The summed E-state index contributed by atoms with van der Waals surface area (Å²) >= 11 is 6.07. The smallest absolute Gasteiger partial charge is 0.307 e. The first kappa shape index (κ1) is 20.7. The third kappa shape index (κ3) is 4.45. The molecule has 1 fully saturated rings. The summed E-state index contributed by atoms with van der Waals surface area (Å²) in [5.74, 6) is -0.804. The van der Waals surface area contributed by atoms with Crippen molar-refractivity contribution in [3.05, 3.63) is 58.1 Å². The van der Waals surface area contributed by atoms with E-state index in [1.54, 1.807) is 6.07 Å². The van der Waals surface area contributed by atoms with Crippen LogP contribution in [-0.2, 0) is 17.8 Å². The van der Waals surface area contributed by atoms with E-state index in [0.29, 0.717) is 16.6 Å². The second-order valence-electron chi connectivity index (χ2n) is 8.28. The van der Waals surface area contributed by atoms with E-state index in [1.165, 1.54) is 0 Å². The molecule has 2 aromatic carbocycles. The third-order valence-electron chi connectivity index (χ3n) is 5.63. The number of fused-ring (bicyclic) bond motifs is 1. The van der Waals surface area contributed by atoms with Crippen molar-refractivity contribution in [2.75, 3.05) is 18.0 Å². The van der Waals surface area contributed by atoms with Gasteiger partial charge in [-0.3, -0.25) is 9.69 Å². The number of aromatic nitrogens is 1. The molecule has 0 spiro atoms. The van der Waals surface area contributed by atoms with Crippen molar-refractivity contribution >= 4 is 34.7 Å². The molecule has 0 amide bonds. The average molecular weight is 428 g/mol. The van der Waals surface area contributed by atoms with Crippen LogP contribution in [0.5, 0.6) is 0 Å². The number of anilines is 1. The standard InChI is InChI=1S/C23H26ClN3O3/c1-14-6-17(9-22(28)29)8-18(7-14)13-27-15(2)11-26(12-16(27)3)23-25-20-5-4-19(24)10-21(20)30-23/h4-8,10,15-16H,9,11-13H2,1-3H3,(H,28,29)/t15-,16+. The van der Waals surface area contributed by atoms with Gasteiger partial charge in [-0.2, -0.15) is 4.98 Å². The molecule has 6 nitrogen and oxygen atoms in total. The number of aliphatic carboxylic acids is 1. The minimum atomic E-state index is -0.804. The Labute approximate surface area is 181 Å². The molecule has 1 aliphatic rings. The van der Waals surface area contributed by atoms with Crippen LogP contribution in [0.15, 0.2) is 40.8 Å².